The zero-order valence-corrected chi connectivity index (χ0v) is 10.2. The van der Waals surface area contributed by atoms with Crippen LogP contribution in [0.25, 0.3) is 0 Å². The Morgan fingerprint density at radius 2 is 2.16 bits per heavy atom. The van der Waals surface area contributed by atoms with E-state index in [9.17, 15) is 9.59 Å². The van der Waals surface area contributed by atoms with Crippen LogP contribution in [-0.2, 0) is 6.54 Å². The first-order valence-electron chi connectivity index (χ1n) is 5.54. The molecule has 0 radical (unpaired) electrons. The Morgan fingerprint density at radius 3 is 2.84 bits per heavy atom. The fourth-order valence-corrected chi connectivity index (χ4v) is 1.77. The molecule has 0 atom stereocenters. The molecule has 0 unspecified atom stereocenters. The zero-order valence-electron chi connectivity index (χ0n) is 10.2. The summed E-state index contributed by atoms with van der Waals surface area (Å²) in [4.78, 5) is 26.9. The van der Waals surface area contributed by atoms with Crippen LogP contribution in [0.1, 0.15) is 16.1 Å². The summed E-state index contributed by atoms with van der Waals surface area (Å²) < 4.78 is 6.25. The second-order valence-electron chi connectivity index (χ2n) is 3.81. The number of carboxylic acids is 1. The van der Waals surface area contributed by atoms with Gasteiger partial charge in [-0.2, -0.15) is 0 Å². The van der Waals surface area contributed by atoms with Gasteiger partial charge < -0.3 is 9.84 Å². The first-order chi connectivity index (χ1) is 9.13. The van der Waals surface area contributed by atoms with E-state index in [1.807, 2.05) is 0 Å². The lowest BCUT2D eigenvalue weighted by atomic mass is 10.2. The Balaban J connectivity index is 2.49. The van der Waals surface area contributed by atoms with Gasteiger partial charge in [0, 0.05) is 17.8 Å². The fraction of sp³-hybridized carbons (Fsp3) is 0.154. The standard InChI is InChI=1S/C13H12N2O4/c1-19-12-9(4-3-7-14-12)8-15-10(13(17)18)5-2-6-11(15)16/h2-7H,8H2,1H3,(H,17,18). The van der Waals surface area contributed by atoms with Crippen molar-refractivity contribution in [3.63, 3.8) is 0 Å². The van der Waals surface area contributed by atoms with Crippen LogP contribution in [0, 0.1) is 0 Å². The average molecular weight is 260 g/mol. The van der Waals surface area contributed by atoms with E-state index in [1.165, 1.54) is 29.9 Å². The predicted octanol–water partition coefficient (Wildman–Crippen LogP) is 0.998. The number of ether oxygens (including phenoxy) is 1. The highest BCUT2D eigenvalue weighted by Gasteiger charge is 2.13. The monoisotopic (exact) mass is 260 g/mol. The second kappa shape index (κ2) is 5.34. The minimum absolute atomic E-state index is 0.0709. The summed E-state index contributed by atoms with van der Waals surface area (Å²) in [5.41, 5.74) is 0.185. The van der Waals surface area contributed by atoms with Crippen molar-refractivity contribution in [1.29, 1.82) is 0 Å². The lowest BCUT2D eigenvalue weighted by Crippen LogP contribution is -2.25. The average Bonchev–Trinajstić information content (AvgIpc) is 2.41. The van der Waals surface area contributed by atoms with Gasteiger partial charge in [0.2, 0.25) is 5.88 Å². The van der Waals surface area contributed by atoms with Crippen molar-refractivity contribution in [3.8, 4) is 5.88 Å². The Labute approximate surface area is 108 Å². The maximum absolute atomic E-state index is 11.8. The lowest BCUT2D eigenvalue weighted by molar-refractivity contribution is 0.0684. The number of pyridine rings is 2. The molecule has 2 aromatic rings. The van der Waals surface area contributed by atoms with Crippen molar-refractivity contribution >= 4 is 5.97 Å². The quantitative estimate of drug-likeness (QED) is 0.886. The van der Waals surface area contributed by atoms with Gasteiger partial charge in [-0.15, -0.1) is 0 Å². The number of rotatable bonds is 4. The van der Waals surface area contributed by atoms with Crippen LogP contribution in [0.15, 0.2) is 41.3 Å². The van der Waals surface area contributed by atoms with E-state index in [1.54, 1.807) is 18.3 Å². The molecule has 0 aliphatic carbocycles. The van der Waals surface area contributed by atoms with Crippen molar-refractivity contribution < 1.29 is 14.6 Å². The summed E-state index contributed by atoms with van der Waals surface area (Å²) >= 11 is 0. The van der Waals surface area contributed by atoms with E-state index in [0.29, 0.717) is 11.4 Å². The van der Waals surface area contributed by atoms with E-state index < -0.39 is 5.97 Å². The molecule has 0 fully saturated rings. The zero-order chi connectivity index (χ0) is 13.8. The van der Waals surface area contributed by atoms with Gasteiger partial charge in [-0.25, -0.2) is 9.78 Å². The van der Waals surface area contributed by atoms with Gasteiger partial charge >= 0.3 is 5.97 Å². The number of hydrogen-bond donors (Lipinski definition) is 1. The van der Waals surface area contributed by atoms with Gasteiger partial charge in [-0.3, -0.25) is 9.36 Å². The molecule has 19 heavy (non-hydrogen) atoms. The molecule has 6 heteroatoms. The molecule has 0 bridgehead atoms. The molecule has 1 N–H and O–H groups in total. The predicted molar refractivity (Wildman–Crippen MR) is 67.6 cm³/mol. The van der Waals surface area contributed by atoms with Crippen LogP contribution >= 0.6 is 0 Å². The van der Waals surface area contributed by atoms with E-state index in [0.717, 1.165) is 0 Å². The summed E-state index contributed by atoms with van der Waals surface area (Å²) in [5, 5.41) is 9.09. The second-order valence-corrected chi connectivity index (χ2v) is 3.81. The number of nitrogens with zero attached hydrogens (tertiary/aromatic N) is 2. The highest BCUT2D eigenvalue weighted by molar-refractivity contribution is 5.85. The molecule has 0 saturated heterocycles. The number of carboxylic acid groups (broad SMARTS) is 1. The SMILES string of the molecule is COc1ncccc1Cn1c(C(=O)O)cccc1=O. The summed E-state index contributed by atoms with van der Waals surface area (Å²) in [6, 6.07) is 7.55. The molecule has 2 heterocycles. The van der Waals surface area contributed by atoms with Gasteiger partial charge in [0.1, 0.15) is 5.69 Å². The molecular weight excluding hydrogens is 248 g/mol. The fourth-order valence-electron chi connectivity index (χ4n) is 1.77. The van der Waals surface area contributed by atoms with E-state index in [-0.39, 0.29) is 17.8 Å². The Bertz CT molecular complexity index is 664. The van der Waals surface area contributed by atoms with E-state index in [4.69, 9.17) is 9.84 Å². The Morgan fingerprint density at radius 1 is 1.37 bits per heavy atom. The van der Waals surface area contributed by atoms with Gasteiger partial charge in [0.05, 0.1) is 13.7 Å². The van der Waals surface area contributed by atoms with Crippen LogP contribution in [0.2, 0.25) is 0 Å². The number of aromatic nitrogens is 2. The first kappa shape index (κ1) is 12.8. The summed E-state index contributed by atoms with van der Waals surface area (Å²) in [6.07, 6.45) is 1.56. The van der Waals surface area contributed by atoms with Crippen molar-refractivity contribution in [2.45, 2.75) is 6.54 Å². The topological polar surface area (TPSA) is 81.4 Å². The number of hydrogen-bond acceptors (Lipinski definition) is 4. The minimum atomic E-state index is -1.15. The molecule has 0 aliphatic heterocycles. The van der Waals surface area contributed by atoms with Crippen molar-refractivity contribution in [1.82, 2.24) is 9.55 Å². The molecule has 2 rings (SSSR count). The molecular formula is C13H12N2O4. The van der Waals surface area contributed by atoms with Crippen LogP contribution < -0.4 is 10.3 Å². The molecule has 0 spiro atoms. The number of methoxy groups -OCH3 is 1. The molecule has 0 aliphatic rings. The van der Waals surface area contributed by atoms with Crippen LogP contribution in [0.4, 0.5) is 0 Å². The number of carbonyl (C=O) groups is 1. The molecule has 6 nitrogen and oxygen atoms in total. The van der Waals surface area contributed by atoms with Crippen molar-refractivity contribution in [2.75, 3.05) is 7.11 Å². The maximum atomic E-state index is 11.8. The van der Waals surface area contributed by atoms with Gasteiger partial charge in [0.15, 0.2) is 0 Å². The molecule has 98 valence electrons. The third-order valence-corrected chi connectivity index (χ3v) is 2.64. The van der Waals surface area contributed by atoms with Crippen molar-refractivity contribution in [2.24, 2.45) is 0 Å². The highest BCUT2D eigenvalue weighted by Crippen LogP contribution is 2.15. The normalized spacial score (nSPS) is 10.2. The lowest BCUT2D eigenvalue weighted by Gasteiger charge is -2.11. The van der Waals surface area contributed by atoms with Gasteiger partial charge in [0.25, 0.3) is 5.56 Å². The Kier molecular flexibility index (Phi) is 3.61. The summed E-state index contributed by atoms with van der Waals surface area (Å²) in [5.74, 6) is -0.782. The van der Waals surface area contributed by atoms with E-state index in [2.05, 4.69) is 4.98 Å². The third-order valence-electron chi connectivity index (χ3n) is 2.64. The third kappa shape index (κ3) is 2.62. The summed E-state index contributed by atoms with van der Waals surface area (Å²) in [7, 11) is 1.47. The van der Waals surface area contributed by atoms with Gasteiger partial charge in [-0.05, 0) is 12.1 Å². The molecule has 2 aromatic heterocycles. The summed E-state index contributed by atoms with van der Waals surface area (Å²) in [6.45, 7) is 0.0956. The molecule has 0 amide bonds. The first-order valence-corrected chi connectivity index (χ1v) is 5.54. The maximum Gasteiger partial charge on any atom is 0.352 e. The number of aromatic carboxylic acids is 1. The van der Waals surface area contributed by atoms with Crippen molar-refractivity contribution in [3.05, 3.63) is 58.1 Å². The highest BCUT2D eigenvalue weighted by atomic mass is 16.5. The Hall–Kier alpha value is -2.63. The van der Waals surface area contributed by atoms with Gasteiger partial charge in [-0.1, -0.05) is 12.1 Å². The minimum Gasteiger partial charge on any atom is -0.481 e. The van der Waals surface area contributed by atoms with Crippen LogP contribution in [0.3, 0.4) is 0 Å². The van der Waals surface area contributed by atoms with Crippen LogP contribution in [-0.4, -0.2) is 27.7 Å². The smallest absolute Gasteiger partial charge is 0.352 e. The molecule has 0 saturated carbocycles. The van der Waals surface area contributed by atoms with E-state index >= 15 is 0 Å². The van der Waals surface area contributed by atoms with Crippen LogP contribution in [0.5, 0.6) is 5.88 Å². The largest absolute Gasteiger partial charge is 0.481 e. The molecule has 0 aromatic carbocycles.